The number of hydrogen-bond donors (Lipinski definition) is 1. The van der Waals surface area contributed by atoms with Crippen molar-refractivity contribution in [3.05, 3.63) is 58.0 Å². The van der Waals surface area contributed by atoms with Crippen molar-refractivity contribution >= 4 is 23.4 Å². The van der Waals surface area contributed by atoms with Crippen molar-refractivity contribution in [3.63, 3.8) is 0 Å². The number of halogens is 1. The summed E-state index contributed by atoms with van der Waals surface area (Å²) in [7, 11) is 0. The van der Waals surface area contributed by atoms with E-state index in [1.54, 1.807) is 12.1 Å². The first-order valence-corrected chi connectivity index (χ1v) is 5.50. The van der Waals surface area contributed by atoms with Gasteiger partial charge in [0, 0.05) is 10.6 Å². The maximum Gasteiger partial charge on any atom is 0.371 e. The quantitative estimate of drug-likeness (QED) is 0.865. The third-order valence-electron chi connectivity index (χ3n) is 2.34. The lowest BCUT2D eigenvalue weighted by Crippen LogP contribution is -2.00. The molecule has 0 aliphatic carbocycles. The molecule has 0 saturated heterocycles. The number of ketones is 1. The van der Waals surface area contributed by atoms with Crippen molar-refractivity contribution in [1.82, 2.24) is 0 Å². The van der Waals surface area contributed by atoms with Crippen LogP contribution in [0.5, 0.6) is 0 Å². The molecule has 92 valence electrons. The fraction of sp³-hybridized carbons (Fsp3) is 0.0769. The van der Waals surface area contributed by atoms with E-state index in [0.717, 1.165) is 5.56 Å². The summed E-state index contributed by atoms with van der Waals surface area (Å²) in [5, 5.41) is 9.16. The first kappa shape index (κ1) is 12.4. The van der Waals surface area contributed by atoms with Crippen LogP contribution < -0.4 is 0 Å². The summed E-state index contributed by atoms with van der Waals surface area (Å²) in [6.45, 7) is 1.81. The van der Waals surface area contributed by atoms with E-state index in [2.05, 4.69) is 0 Å². The molecule has 0 atom stereocenters. The normalized spacial score (nSPS) is 10.3. The van der Waals surface area contributed by atoms with Crippen LogP contribution >= 0.6 is 11.6 Å². The number of furan rings is 1. The highest BCUT2D eigenvalue weighted by Gasteiger charge is 2.17. The van der Waals surface area contributed by atoms with Crippen molar-refractivity contribution < 1.29 is 19.1 Å². The van der Waals surface area contributed by atoms with Gasteiger partial charge in [0.05, 0.1) is 0 Å². The van der Waals surface area contributed by atoms with E-state index in [1.807, 2.05) is 6.92 Å². The highest BCUT2D eigenvalue weighted by molar-refractivity contribution is 6.31. The van der Waals surface area contributed by atoms with Crippen LogP contribution in [0.1, 0.15) is 32.2 Å². The lowest BCUT2D eigenvalue weighted by Gasteiger charge is -2.01. The molecule has 0 fully saturated rings. The molecule has 4 nitrogen and oxygen atoms in total. The summed E-state index contributed by atoms with van der Waals surface area (Å²) < 4.78 is 4.95. The number of benzene rings is 1. The van der Waals surface area contributed by atoms with Crippen LogP contribution in [0.3, 0.4) is 0 Å². The topological polar surface area (TPSA) is 67.5 Å². The molecule has 0 aliphatic heterocycles. The molecule has 0 radical (unpaired) electrons. The van der Waals surface area contributed by atoms with Gasteiger partial charge in [-0.2, -0.15) is 0 Å². The second-order valence-electron chi connectivity index (χ2n) is 3.82. The van der Waals surface area contributed by atoms with Crippen LogP contribution in [0.25, 0.3) is 0 Å². The van der Waals surface area contributed by atoms with Gasteiger partial charge in [-0.1, -0.05) is 11.6 Å². The molecule has 1 heterocycles. The van der Waals surface area contributed by atoms with Gasteiger partial charge in [-0.25, -0.2) is 4.79 Å². The maximum absolute atomic E-state index is 12.0. The van der Waals surface area contributed by atoms with Gasteiger partial charge < -0.3 is 9.52 Å². The van der Waals surface area contributed by atoms with E-state index >= 15 is 0 Å². The van der Waals surface area contributed by atoms with Gasteiger partial charge in [-0.15, -0.1) is 0 Å². The SMILES string of the molecule is Cc1cc(Cl)cc(C(=O)c2ccc(C(=O)O)o2)c1. The van der Waals surface area contributed by atoms with Gasteiger partial charge in [0.25, 0.3) is 0 Å². The molecule has 5 heteroatoms. The monoisotopic (exact) mass is 264 g/mol. The van der Waals surface area contributed by atoms with Crippen LogP contribution in [0, 0.1) is 6.92 Å². The van der Waals surface area contributed by atoms with Gasteiger partial charge in [0.15, 0.2) is 5.76 Å². The van der Waals surface area contributed by atoms with Crippen molar-refractivity contribution in [2.45, 2.75) is 6.92 Å². The Morgan fingerprint density at radius 3 is 2.39 bits per heavy atom. The second kappa shape index (κ2) is 4.66. The average molecular weight is 265 g/mol. The molecule has 2 rings (SSSR count). The highest BCUT2D eigenvalue weighted by atomic mass is 35.5. The van der Waals surface area contributed by atoms with Crippen molar-refractivity contribution in [3.8, 4) is 0 Å². The Bertz CT molecular complexity index is 607. The van der Waals surface area contributed by atoms with E-state index in [9.17, 15) is 9.59 Å². The van der Waals surface area contributed by atoms with E-state index in [1.165, 1.54) is 18.2 Å². The summed E-state index contributed by atoms with van der Waals surface area (Å²) in [6, 6.07) is 7.48. The van der Waals surface area contributed by atoms with Gasteiger partial charge in [-0.3, -0.25) is 4.79 Å². The predicted molar refractivity (Wildman–Crippen MR) is 65.3 cm³/mol. The zero-order valence-electron chi connectivity index (χ0n) is 9.44. The number of hydrogen-bond acceptors (Lipinski definition) is 3. The number of carbonyl (C=O) groups excluding carboxylic acids is 1. The van der Waals surface area contributed by atoms with Gasteiger partial charge in [-0.05, 0) is 42.8 Å². The summed E-state index contributed by atoms with van der Waals surface area (Å²) in [6.07, 6.45) is 0. The molecule has 1 aromatic heterocycles. The molecule has 0 unspecified atom stereocenters. The number of rotatable bonds is 3. The number of carbonyl (C=O) groups is 2. The molecule has 0 amide bonds. The average Bonchev–Trinajstić information content (AvgIpc) is 2.75. The Morgan fingerprint density at radius 1 is 1.17 bits per heavy atom. The third kappa shape index (κ3) is 2.43. The number of carboxylic acid groups (broad SMARTS) is 1. The Morgan fingerprint density at radius 2 is 1.83 bits per heavy atom. The Kier molecular flexibility index (Phi) is 3.21. The molecule has 0 aliphatic rings. The summed E-state index contributed by atoms with van der Waals surface area (Å²) in [5.41, 5.74) is 1.21. The molecule has 0 bridgehead atoms. The van der Waals surface area contributed by atoms with Crippen molar-refractivity contribution in [1.29, 1.82) is 0 Å². The summed E-state index contributed by atoms with van der Waals surface area (Å²) in [4.78, 5) is 22.7. The fourth-order valence-corrected chi connectivity index (χ4v) is 1.87. The van der Waals surface area contributed by atoms with Gasteiger partial charge in [0.2, 0.25) is 11.5 Å². The van der Waals surface area contributed by atoms with Crippen molar-refractivity contribution in [2.24, 2.45) is 0 Å². The highest BCUT2D eigenvalue weighted by Crippen LogP contribution is 2.19. The zero-order valence-corrected chi connectivity index (χ0v) is 10.2. The van der Waals surface area contributed by atoms with Crippen molar-refractivity contribution in [2.75, 3.05) is 0 Å². The molecule has 1 aromatic carbocycles. The first-order valence-electron chi connectivity index (χ1n) is 5.12. The van der Waals surface area contributed by atoms with E-state index < -0.39 is 11.8 Å². The van der Waals surface area contributed by atoms with E-state index in [-0.39, 0.29) is 11.5 Å². The summed E-state index contributed by atoms with van der Waals surface area (Å²) in [5.74, 6) is -1.89. The maximum atomic E-state index is 12.0. The van der Waals surface area contributed by atoms with E-state index in [0.29, 0.717) is 10.6 Å². The van der Waals surface area contributed by atoms with Crippen LogP contribution in [-0.2, 0) is 0 Å². The second-order valence-corrected chi connectivity index (χ2v) is 4.25. The molecular weight excluding hydrogens is 256 g/mol. The molecule has 1 N–H and O–H groups in total. The molecule has 2 aromatic rings. The Labute approximate surface area is 108 Å². The minimum atomic E-state index is -1.21. The largest absolute Gasteiger partial charge is 0.475 e. The minimum Gasteiger partial charge on any atom is -0.475 e. The van der Waals surface area contributed by atoms with Crippen LogP contribution in [0.15, 0.2) is 34.7 Å². The first-order chi connectivity index (χ1) is 8.47. The Hall–Kier alpha value is -2.07. The molecular formula is C13H9ClO4. The summed E-state index contributed by atoms with van der Waals surface area (Å²) >= 11 is 5.86. The molecule has 0 saturated carbocycles. The van der Waals surface area contributed by atoms with Crippen LogP contribution in [-0.4, -0.2) is 16.9 Å². The van der Waals surface area contributed by atoms with E-state index in [4.69, 9.17) is 21.1 Å². The van der Waals surface area contributed by atoms with Gasteiger partial charge in [0.1, 0.15) is 0 Å². The predicted octanol–water partition coefficient (Wildman–Crippen LogP) is 3.17. The van der Waals surface area contributed by atoms with Crippen LogP contribution in [0.2, 0.25) is 5.02 Å². The fourth-order valence-electron chi connectivity index (χ4n) is 1.58. The minimum absolute atomic E-state index is 0.0194. The standard InChI is InChI=1S/C13H9ClO4/c1-7-4-8(6-9(14)5-7)12(15)10-2-3-11(18-10)13(16)17/h2-6H,1H3,(H,16,17). The molecule has 0 spiro atoms. The van der Waals surface area contributed by atoms with Crippen LogP contribution in [0.4, 0.5) is 0 Å². The smallest absolute Gasteiger partial charge is 0.371 e. The third-order valence-corrected chi connectivity index (χ3v) is 2.56. The zero-order chi connectivity index (χ0) is 13.3. The lowest BCUT2D eigenvalue weighted by atomic mass is 10.1. The molecule has 18 heavy (non-hydrogen) atoms. The lowest BCUT2D eigenvalue weighted by molar-refractivity contribution is 0.0660. The number of carboxylic acids is 1. The van der Waals surface area contributed by atoms with Gasteiger partial charge >= 0.3 is 5.97 Å². The Balaban J connectivity index is 2.38. The number of aryl methyl sites for hydroxylation is 1. The number of aromatic carboxylic acids is 1.